The van der Waals surface area contributed by atoms with Gasteiger partial charge in [0.05, 0.1) is 4.92 Å². The lowest BCUT2D eigenvalue weighted by atomic mass is 10.0. The highest BCUT2D eigenvalue weighted by atomic mass is 16.6. The molecular weight excluding hydrogens is 364 g/mol. The lowest BCUT2D eigenvalue weighted by molar-refractivity contribution is -0.384. The van der Waals surface area contributed by atoms with Crippen LogP contribution in [0.25, 0.3) is 22.8 Å². The molecule has 0 saturated carbocycles. The van der Waals surface area contributed by atoms with Crippen molar-refractivity contribution in [2.75, 3.05) is 6.61 Å². The lowest BCUT2D eigenvalue weighted by Gasteiger charge is -2.13. The first kappa shape index (κ1) is 18.9. The Morgan fingerprint density at radius 1 is 1.00 bits per heavy atom. The smallest absolute Gasteiger partial charge is 0.270 e. The molecule has 0 spiro atoms. The minimum absolute atomic E-state index is 0.0220. The molecule has 1 aliphatic rings. The molecule has 3 aromatic rings. The summed E-state index contributed by atoms with van der Waals surface area (Å²) in [7, 11) is 0. The van der Waals surface area contributed by atoms with Crippen molar-refractivity contribution in [3.63, 3.8) is 0 Å². The SMILES string of the molecule is CC[C@H](N)COc1ccccc1C=C1c2ccccc2-c2ccc([N+](=O)[O-])cc21. The van der Waals surface area contributed by atoms with Crippen LogP contribution in [0.2, 0.25) is 0 Å². The predicted molar refractivity (Wildman–Crippen MR) is 116 cm³/mol. The van der Waals surface area contributed by atoms with Gasteiger partial charge in [-0.05, 0) is 52.5 Å². The maximum atomic E-state index is 11.3. The molecule has 1 aliphatic carbocycles. The summed E-state index contributed by atoms with van der Waals surface area (Å²) < 4.78 is 5.96. The summed E-state index contributed by atoms with van der Waals surface area (Å²) in [6.45, 7) is 2.47. The molecule has 146 valence electrons. The molecule has 0 saturated heterocycles. The number of ether oxygens (including phenoxy) is 1. The molecule has 4 rings (SSSR count). The molecule has 1 atom stereocenters. The van der Waals surface area contributed by atoms with Gasteiger partial charge < -0.3 is 10.5 Å². The van der Waals surface area contributed by atoms with E-state index in [4.69, 9.17) is 10.5 Å². The van der Waals surface area contributed by atoms with Gasteiger partial charge >= 0.3 is 0 Å². The molecule has 2 N–H and O–H groups in total. The Morgan fingerprint density at radius 3 is 2.45 bits per heavy atom. The van der Waals surface area contributed by atoms with Crippen LogP contribution in [0.1, 0.15) is 30.0 Å². The van der Waals surface area contributed by atoms with Gasteiger partial charge in [0.25, 0.3) is 5.69 Å². The van der Waals surface area contributed by atoms with Gasteiger partial charge in [-0.15, -0.1) is 0 Å². The van der Waals surface area contributed by atoms with Crippen molar-refractivity contribution in [3.8, 4) is 16.9 Å². The molecule has 0 aliphatic heterocycles. The number of para-hydroxylation sites is 1. The van der Waals surface area contributed by atoms with Crippen LogP contribution < -0.4 is 10.5 Å². The summed E-state index contributed by atoms with van der Waals surface area (Å²) in [5.41, 5.74) is 12.0. The van der Waals surface area contributed by atoms with Crippen LogP contribution in [0.3, 0.4) is 0 Å². The van der Waals surface area contributed by atoms with Crippen molar-refractivity contribution in [1.29, 1.82) is 0 Å². The molecule has 0 heterocycles. The largest absolute Gasteiger partial charge is 0.491 e. The number of rotatable bonds is 6. The van der Waals surface area contributed by atoms with E-state index in [0.717, 1.165) is 45.6 Å². The normalized spacial score (nSPS) is 14.3. The number of benzene rings is 3. The van der Waals surface area contributed by atoms with Gasteiger partial charge in [-0.2, -0.15) is 0 Å². The monoisotopic (exact) mass is 386 g/mol. The highest BCUT2D eigenvalue weighted by molar-refractivity contribution is 6.07. The standard InChI is InChI=1S/C24H22N2O3/c1-2-17(25)15-29-24-10-6-3-7-16(24)13-22-20-9-5-4-8-19(20)21-12-11-18(26(27)28)14-23(21)22/h3-14,17H,2,15,25H2,1H3/t17-/m0/s1. The molecule has 0 unspecified atom stereocenters. The molecule has 5 heteroatoms. The van der Waals surface area contributed by atoms with Gasteiger partial charge in [0.2, 0.25) is 0 Å². The van der Waals surface area contributed by atoms with Gasteiger partial charge in [-0.1, -0.05) is 49.4 Å². The number of fused-ring (bicyclic) bond motifs is 3. The maximum Gasteiger partial charge on any atom is 0.270 e. The Bertz CT molecular complexity index is 1100. The van der Waals surface area contributed by atoms with Gasteiger partial charge in [0.15, 0.2) is 0 Å². The van der Waals surface area contributed by atoms with Crippen molar-refractivity contribution in [1.82, 2.24) is 0 Å². The van der Waals surface area contributed by atoms with Crippen LogP contribution in [0.15, 0.2) is 66.7 Å². The first-order chi connectivity index (χ1) is 14.1. The minimum Gasteiger partial charge on any atom is -0.491 e. The number of nitro benzene ring substituents is 1. The molecule has 0 fully saturated rings. The number of hydrogen-bond donors (Lipinski definition) is 1. The van der Waals surface area contributed by atoms with E-state index >= 15 is 0 Å². The highest BCUT2D eigenvalue weighted by Gasteiger charge is 2.25. The van der Waals surface area contributed by atoms with Crippen molar-refractivity contribution >= 4 is 17.3 Å². The van der Waals surface area contributed by atoms with Crippen LogP contribution in [0, 0.1) is 10.1 Å². The van der Waals surface area contributed by atoms with Crippen LogP contribution in [-0.2, 0) is 0 Å². The Labute approximate surface area is 169 Å². The van der Waals surface area contributed by atoms with Gasteiger partial charge in [-0.25, -0.2) is 0 Å². The molecule has 0 bridgehead atoms. The molecule has 0 aromatic heterocycles. The first-order valence-electron chi connectivity index (χ1n) is 9.66. The van der Waals surface area contributed by atoms with Gasteiger partial charge in [-0.3, -0.25) is 10.1 Å². The molecule has 0 radical (unpaired) electrons. The number of nitrogens with two attached hydrogens (primary N) is 1. The molecular formula is C24H22N2O3. The Balaban J connectivity index is 1.82. The molecule has 3 aromatic carbocycles. The lowest BCUT2D eigenvalue weighted by Crippen LogP contribution is -2.26. The van der Waals surface area contributed by atoms with E-state index in [0.29, 0.717) is 6.61 Å². The summed E-state index contributed by atoms with van der Waals surface area (Å²) in [5.74, 6) is 0.750. The average molecular weight is 386 g/mol. The van der Waals surface area contributed by atoms with E-state index in [2.05, 4.69) is 0 Å². The van der Waals surface area contributed by atoms with E-state index in [1.165, 1.54) is 0 Å². The first-order valence-corrected chi connectivity index (χ1v) is 9.66. The maximum absolute atomic E-state index is 11.3. The third kappa shape index (κ3) is 3.65. The summed E-state index contributed by atoms with van der Waals surface area (Å²) >= 11 is 0. The fourth-order valence-electron chi connectivity index (χ4n) is 3.56. The van der Waals surface area contributed by atoms with Crippen LogP contribution in [0.5, 0.6) is 5.75 Å². The second kappa shape index (κ2) is 7.89. The molecule has 0 amide bonds. The summed E-state index contributed by atoms with van der Waals surface area (Å²) in [6.07, 6.45) is 2.88. The van der Waals surface area contributed by atoms with E-state index < -0.39 is 0 Å². The fourth-order valence-corrected chi connectivity index (χ4v) is 3.56. The summed E-state index contributed by atoms with van der Waals surface area (Å²) in [6, 6.07) is 20.9. The van der Waals surface area contributed by atoms with Crippen molar-refractivity contribution < 1.29 is 9.66 Å². The van der Waals surface area contributed by atoms with Crippen molar-refractivity contribution in [2.24, 2.45) is 5.73 Å². The molecule has 5 nitrogen and oxygen atoms in total. The Hall–Kier alpha value is -3.44. The number of nitrogens with zero attached hydrogens (tertiary/aromatic N) is 1. The summed E-state index contributed by atoms with van der Waals surface area (Å²) in [5, 5.41) is 11.3. The van der Waals surface area contributed by atoms with Gasteiger partial charge in [0, 0.05) is 23.7 Å². The van der Waals surface area contributed by atoms with Crippen LogP contribution in [0.4, 0.5) is 5.69 Å². The predicted octanol–water partition coefficient (Wildman–Crippen LogP) is 5.28. The van der Waals surface area contributed by atoms with E-state index in [9.17, 15) is 10.1 Å². The van der Waals surface area contributed by atoms with E-state index in [-0.39, 0.29) is 16.7 Å². The summed E-state index contributed by atoms with van der Waals surface area (Å²) in [4.78, 5) is 11.0. The number of nitro groups is 1. The minimum atomic E-state index is -0.357. The second-order valence-corrected chi connectivity index (χ2v) is 7.11. The molecule has 29 heavy (non-hydrogen) atoms. The van der Waals surface area contributed by atoms with E-state index in [1.54, 1.807) is 12.1 Å². The third-order valence-corrected chi connectivity index (χ3v) is 5.21. The zero-order valence-corrected chi connectivity index (χ0v) is 16.2. The van der Waals surface area contributed by atoms with Gasteiger partial charge in [0.1, 0.15) is 12.4 Å². The highest BCUT2D eigenvalue weighted by Crippen LogP contribution is 2.46. The number of non-ortho nitro benzene ring substituents is 1. The van der Waals surface area contributed by atoms with Crippen LogP contribution in [-0.4, -0.2) is 17.6 Å². The fraction of sp³-hybridized carbons (Fsp3) is 0.167. The third-order valence-electron chi connectivity index (χ3n) is 5.21. The quantitative estimate of drug-likeness (QED) is 0.361. The zero-order chi connectivity index (χ0) is 20.4. The Morgan fingerprint density at radius 2 is 1.69 bits per heavy atom. The van der Waals surface area contributed by atoms with Crippen molar-refractivity contribution in [2.45, 2.75) is 19.4 Å². The number of hydrogen-bond acceptors (Lipinski definition) is 4. The van der Waals surface area contributed by atoms with Crippen LogP contribution >= 0.6 is 0 Å². The van der Waals surface area contributed by atoms with E-state index in [1.807, 2.05) is 67.6 Å². The second-order valence-electron chi connectivity index (χ2n) is 7.11. The average Bonchev–Trinajstić information content (AvgIpc) is 3.06. The Kier molecular flexibility index (Phi) is 5.14. The van der Waals surface area contributed by atoms with Crippen molar-refractivity contribution in [3.05, 3.63) is 93.5 Å². The zero-order valence-electron chi connectivity index (χ0n) is 16.2. The topological polar surface area (TPSA) is 78.4 Å².